The molecule has 2 aromatic rings. The van der Waals surface area contributed by atoms with E-state index in [1.54, 1.807) is 18.3 Å². The smallest absolute Gasteiger partial charge is 0.326 e. The van der Waals surface area contributed by atoms with Crippen molar-refractivity contribution in [2.75, 3.05) is 6.54 Å². The minimum Gasteiger partial charge on any atom is -0.480 e. The molecule has 7 heteroatoms. The third-order valence-electron chi connectivity index (χ3n) is 4.14. The number of aliphatic carboxylic acids is 1. The van der Waals surface area contributed by atoms with Crippen molar-refractivity contribution in [2.45, 2.75) is 32.2 Å². The van der Waals surface area contributed by atoms with Crippen LogP contribution in [0.25, 0.3) is 5.65 Å². The molecule has 0 aliphatic carbocycles. The Morgan fingerprint density at radius 2 is 2.13 bits per heavy atom. The van der Waals surface area contributed by atoms with Crippen molar-refractivity contribution in [3.8, 4) is 0 Å². The zero-order chi connectivity index (χ0) is 16.6. The van der Waals surface area contributed by atoms with Gasteiger partial charge in [0.05, 0.1) is 0 Å². The number of aryl methyl sites for hydroxylation is 1. The number of likely N-dealkylation sites (tertiary alicyclic amines) is 1. The van der Waals surface area contributed by atoms with E-state index < -0.39 is 23.5 Å². The SMILES string of the molecule is Cc1ccn2c(=O)c(C(=O)N3CCCC[C@H]3C(=O)O)cnc2c1. The van der Waals surface area contributed by atoms with Gasteiger partial charge in [-0.05, 0) is 43.9 Å². The zero-order valence-electron chi connectivity index (χ0n) is 12.7. The summed E-state index contributed by atoms with van der Waals surface area (Å²) in [5.74, 6) is -1.60. The molecule has 1 aliphatic heterocycles. The lowest BCUT2D eigenvalue weighted by molar-refractivity contribution is -0.143. The molecule has 1 saturated heterocycles. The van der Waals surface area contributed by atoms with Crippen LogP contribution in [0.4, 0.5) is 0 Å². The molecule has 7 nitrogen and oxygen atoms in total. The van der Waals surface area contributed by atoms with Crippen LogP contribution in [-0.4, -0.2) is 43.9 Å². The summed E-state index contributed by atoms with van der Waals surface area (Å²) in [6.07, 6.45) is 4.71. The van der Waals surface area contributed by atoms with E-state index in [-0.39, 0.29) is 5.56 Å². The molecule has 3 rings (SSSR count). The van der Waals surface area contributed by atoms with Crippen molar-refractivity contribution in [2.24, 2.45) is 0 Å². The highest BCUT2D eigenvalue weighted by Crippen LogP contribution is 2.19. The van der Waals surface area contributed by atoms with Crippen LogP contribution in [-0.2, 0) is 4.79 Å². The van der Waals surface area contributed by atoms with Gasteiger partial charge in [-0.15, -0.1) is 0 Å². The largest absolute Gasteiger partial charge is 0.480 e. The lowest BCUT2D eigenvalue weighted by atomic mass is 10.0. The molecule has 2 aromatic heterocycles. The van der Waals surface area contributed by atoms with Crippen LogP contribution in [0.3, 0.4) is 0 Å². The number of amides is 1. The number of fused-ring (bicyclic) bond motifs is 1. The van der Waals surface area contributed by atoms with Crippen LogP contribution < -0.4 is 5.56 Å². The molecule has 0 spiro atoms. The third kappa shape index (κ3) is 2.69. The second kappa shape index (κ2) is 5.83. The van der Waals surface area contributed by atoms with Crippen molar-refractivity contribution in [3.63, 3.8) is 0 Å². The summed E-state index contributed by atoms with van der Waals surface area (Å²) in [6.45, 7) is 2.22. The first-order valence-electron chi connectivity index (χ1n) is 7.51. The second-order valence-corrected chi connectivity index (χ2v) is 5.76. The van der Waals surface area contributed by atoms with Gasteiger partial charge < -0.3 is 10.0 Å². The number of hydrogen-bond donors (Lipinski definition) is 1. The summed E-state index contributed by atoms with van der Waals surface area (Å²) in [7, 11) is 0. The van der Waals surface area contributed by atoms with Gasteiger partial charge in [0.2, 0.25) is 0 Å². The van der Waals surface area contributed by atoms with Crippen molar-refractivity contribution in [1.82, 2.24) is 14.3 Å². The van der Waals surface area contributed by atoms with E-state index in [0.29, 0.717) is 18.6 Å². The first-order chi connectivity index (χ1) is 11.0. The van der Waals surface area contributed by atoms with E-state index in [0.717, 1.165) is 18.4 Å². The van der Waals surface area contributed by atoms with E-state index in [4.69, 9.17) is 0 Å². The fourth-order valence-corrected chi connectivity index (χ4v) is 2.91. The molecule has 120 valence electrons. The summed E-state index contributed by atoms with van der Waals surface area (Å²) < 4.78 is 1.31. The average molecular weight is 315 g/mol. The third-order valence-corrected chi connectivity index (χ3v) is 4.14. The maximum absolute atomic E-state index is 12.7. The van der Waals surface area contributed by atoms with Crippen LogP contribution in [0.5, 0.6) is 0 Å². The monoisotopic (exact) mass is 315 g/mol. The molecular formula is C16H17N3O4. The van der Waals surface area contributed by atoms with Crippen molar-refractivity contribution in [1.29, 1.82) is 0 Å². The second-order valence-electron chi connectivity index (χ2n) is 5.76. The highest BCUT2D eigenvalue weighted by Gasteiger charge is 2.33. The standard InChI is InChI=1S/C16H17N3O4/c1-10-5-7-19-13(8-10)17-9-11(15(19)21)14(20)18-6-3-2-4-12(18)16(22)23/h5,7-9,12H,2-4,6H2,1H3,(H,22,23)/t12-/m0/s1. The molecule has 1 atom stereocenters. The molecule has 1 amide bonds. The molecule has 0 saturated carbocycles. The Bertz CT molecular complexity index is 843. The molecule has 1 fully saturated rings. The van der Waals surface area contributed by atoms with E-state index >= 15 is 0 Å². The topological polar surface area (TPSA) is 92.0 Å². The summed E-state index contributed by atoms with van der Waals surface area (Å²) in [4.78, 5) is 42.0. The molecule has 0 unspecified atom stereocenters. The van der Waals surface area contributed by atoms with E-state index in [1.165, 1.54) is 15.5 Å². The number of nitrogens with zero attached hydrogens (tertiary/aromatic N) is 3. The first kappa shape index (κ1) is 15.2. The van der Waals surface area contributed by atoms with Crippen molar-refractivity contribution < 1.29 is 14.7 Å². The summed E-state index contributed by atoms with van der Waals surface area (Å²) in [5.41, 5.74) is 0.840. The number of piperidine rings is 1. The lowest BCUT2D eigenvalue weighted by Crippen LogP contribution is -2.49. The van der Waals surface area contributed by atoms with Gasteiger partial charge in [0.1, 0.15) is 17.3 Å². The van der Waals surface area contributed by atoms with Crippen LogP contribution >= 0.6 is 0 Å². The molecule has 23 heavy (non-hydrogen) atoms. The maximum Gasteiger partial charge on any atom is 0.326 e. The van der Waals surface area contributed by atoms with Crippen molar-refractivity contribution >= 4 is 17.5 Å². The Balaban J connectivity index is 2.03. The number of rotatable bonds is 2. The van der Waals surface area contributed by atoms with Gasteiger partial charge >= 0.3 is 5.97 Å². The molecule has 0 radical (unpaired) electrons. The summed E-state index contributed by atoms with van der Waals surface area (Å²) in [6, 6.07) is 2.62. The predicted octanol–water partition coefficient (Wildman–Crippen LogP) is 1.08. The van der Waals surface area contributed by atoms with Crippen LogP contribution in [0.2, 0.25) is 0 Å². The number of hydrogen-bond acceptors (Lipinski definition) is 4. The molecule has 1 N–H and O–H groups in total. The fourth-order valence-electron chi connectivity index (χ4n) is 2.91. The fraction of sp³-hybridized carbons (Fsp3) is 0.375. The van der Waals surface area contributed by atoms with Gasteiger partial charge in [0.15, 0.2) is 0 Å². The summed E-state index contributed by atoms with van der Waals surface area (Å²) in [5, 5.41) is 9.28. The molecule has 1 aliphatic rings. The summed E-state index contributed by atoms with van der Waals surface area (Å²) >= 11 is 0. The minimum absolute atomic E-state index is 0.0977. The number of aromatic nitrogens is 2. The highest BCUT2D eigenvalue weighted by molar-refractivity contribution is 5.96. The van der Waals surface area contributed by atoms with Crippen LogP contribution in [0.15, 0.2) is 29.3 Å². The van der Waals surface area contributed by atoms with E-state index in [9.17, 15) is 19.5 Å². The van der Waals surface area contributed by atoms with Gasteiger partial charge in [0, 0.05) is 18.9 Å². The number of carboxylic acid groups (broad SMARTS) is 1. The van der Waals surface area contributed by atoms with Crippen LogP contribution in [0, 0.1) is 6.92 Å². The Labute approximate surface area is 132 Å². The van der Waals surface area contributed by atoms with Gasteiger partial charge in [-0.1, -0.05) is 0 Å². The van der Waals surface area contributed by atoms with Gasteiger partial charge in [0.25, 0.3) is 11.5 Å². The molecule has 0 bridgehead atoms. The Morgan fingerprint density at radius 3 is 2.87 bits per heavy atom. The number of carbonyl (C=O) groups is 2. The maximum atomic E-state index is 12.7. The van der Waals surface area contributed by atoms with Gasteiger partial charge in [-0.3, -0.25) is 14.0 Å². The molecule has 0 aromatic carbocycles. The Morgan fingerprint density at radius 1 is 1.35 bits per heavy atom. The van der Waals surface area contributed by atoms with Crippen LogP contribution in [0.1, 0.15) is 35.2 Å². The Kier molecular flexibility index (Phi) is 3.85. The number of carboxylic acids is 1. The zero-order valence-corrected chi connectivity index (χ0v) is 12.7. The Hall–Kier alpha value is -2.70. The highest BCUT2D eigenvalue weighted by atomic mass is 16.4. The molecular weight excluding hydrogens is 298 g/mol. The lowest BCUT2D eigenvalue weighted by Gasteiger charge is -2.32. The minimum atomic E-state index is -1.04. The normalized spacial score (nSPS) is 18.1. The molecule has 3 heterocycles. The van der Waals surface area contributed by atoms with E-state index in [2.05, 4.69) is 4.98 Å². The predicted molar refractivity (Wildman–Crippen MR) is 82.5 cm³/mol. The first-order valence-corrected chi connectivity index (χ1v) is 7.51. The van der Waals surface area contributed by atoms with E-state index in [1.807, 2.05) is 6.92 Å². The average Bonchev–Trinajstić information content (AvgIpc) is 2.54. The van der Waals surface area contributed by atoms with Gasteiger partial charge in [-0.2, -0.15) is 0 Å². The van der Waals surface area contributed by atoms with Gasteiger partial charge in [-0.25, -0.2) is 9.78 Å². The number of pyridine rings is 1. The quantitative estimate of drug-likeness (QED) is 0.895. The van der Waals surface area contributed by atoms with Crippen molar-refractivity contribution in [3.05, 3.63) is 46.0 Å². The number of carbonyl (C=O) groups excluding carboxylic acids is 1.